The van der Waals surface area contributed by atoms with Gasteiger partial charge in [0.05, 0.1) is 6.04 Å². The van der Waals surface area contributed by atoms with Crippen LogP contribution in [0.1, 0.15) is 64.9 Å². The number of aromatic hydroxyl groups is 1. The first-order valence-corrected chi connectivity index (χ1v) is 14.7. The van der Waals surface area contributed by atoms with Crippen LogP contribution in [0.5, 0.6) is 5.75 Å². The zero-order valence-electron chi connectivity index (χ0n) is 25.3. The lowest BCUT2D eigenvalue weighted by Gasteiger charge is -2.27. The van der Waals surface area contributed by atoms with Crippen molar-refractivity contribution in [3.8, 4) is 5.75 Å². The molecule has 14 heteroatoms. The summed E-state index contributed by atoms with van der Waals surface area (Å²) in [5.41, 5.74) is 17.4. The van der Waals surface area contributed by atoms with Crippen molar-refractivity contribution in [3.05, 3.63) is 29.8 Å². The second kappa shape index (κ2) is 19.4. The van der Waals surface area contributed by atoms with Gasteiger partial charge in [-0.05, 0) is 82.2 Å². The molecule has 0 saturated carbocycles. The third-order valence-electron chi connectivity index (χ3n) is 6.81. The summed E-state index contributed by atoms with van der Waals surface area (Å²) in [6, 6.07) is 0.677. The summed E-state index contributed by atoms with van der Waals surface area (Å²) < 4.78 is 0. The number of carboxylic acids is 1. The van der Waals surface area contributed by atoms with Gasteiger partial charge in [0, 0.05) is 6.42 Å². The van der Waals surface area contributed by atoms with Crippen LogP contribution < -0.4 is 38.5 Å². The van der Waals surface area contributed by atoms with Crippen molar-refractivity contribution in [2.45, 2.75) is 95.9 Å². The number of nitrogens with two attached hydrogens (primary N) is 3. The molecule has 0 bridgehead atoms. The third-order valence-corrected chi connectivity index (χ3v) is 6.81. The fraction of sp³-hybridized carbons (Fsp3) is 0.621. The Balaban J connectivity index is 3.13. The summed E-state index contributed by atoms with van der Waals surface area (Å²) in [5, 5.41) is 29.7. The van der Waals surface area contributed by atoms with E-state index in [0.29, 0.717) is 44.3 Å². The molecule has 43 heavy (non-hydrogen) atoms. The molecular formula is C29H49N7O7. The molecule has 0 spiro atoms. The number of carboxylic acid groups (broad SMARTS) is 1. The third kappa shape index (κ3) is 13.8. The SMILES string of the molecule is CC(N)C(=O)NC(C(=O)NC(CCCCN)C(=O)NC(CCCCN)C(=O)NC(Cc1ccc(O)cc1)C(=O)O)C(C)C. The number of amides is 4. The van der Waals surface area contributed by atoms with Gasteiger partial charge in [0.25, 0.3) is 0 Å². The molecule has 1 rings (SSSR count). The summed E-state index contributed by atoms with van der Waals surface area (Å²) in [7, 11) is 0. The van der Waals surface area contributed by atoms with Gasteiger partial charge in [0.15, 0.2) is 0 Å². The zero-order chi connectivity index (χ0) is 32.5. The number of nitrogens with one attached hydrogen (secondary N) is 4. The van der Waals surface area contributed by atoms with Crippen LogP contribution in [0.4, 0.5) is 0 Å². The number of aliphatic carboxylic acids is 1. The molecule has 4 amide bonds. The predicted octanol–water partition coefficient (Wildman–Crippen LogP) is -0.780. The highest BCUT2D eigenvalue weighted by molar-refractivity contribution is 5.95. The van der Waals surface area contributed by atoms with Gasteiger partial charge >= 0.3 is 5.97 Å². The number of benzene rings is 1. The minimum atomic E-state index is -1.30. The Labute approximate surface area is 252 Å². The van der Waals surface area contributed by atoms with Crippen LogP contribution in [0, 0.1) is 5.92 Å². The van der Waals surface area contributed by atoms with Crippen molar-refractivity contribution in [2.75, 3.05) is 13.1 Å². The van der Waals surface area contributed by atoms with E-state index in [1.54, 1.807) is 26.0 Å². The van der Waals surface area contributed by atoms with E-state index < -0.39 is 59.8 Å². The van der Waals surface area contributed by atoms with Gasteiger partial charge < -0.3 is 48.7 Å². The summed E-state index contributed by atoms with van der Waals surface area (Å²) in [6.45, 7) is 5.71. The van der Waals surface area contributed by atoms with Crippen LogP contribution in [-0.4, -0.2) is 83.1 Å². The Morgan fingerprint density at radius 2 is 1.16 bits per heavy atom. The highest BCUT2D eigenvalue weighted by atomic mass is 16.4. The second-order valence-electron chi connectivity index (χ2n) is 11.0. The second-order valence-corrected chi connectivity index (χ2v) is 11.0. The molecule has 0 saturated heterocycles. The fourth-order valence-corrected chi connectivity index (χ4v) is 4.22. The lowest BCUT2D eigenvalue weighted by molar-refractivity contribution is -0.142. The number of hydrogen-bond donors (Lipinski definition) is 9. The Morgan fingerprint density at radius 3 is 1.58 bits per heavy atom. The normalized spacial score (nSPS) is 14.6. The van der Waals surface area contributed by atoms with Gasteiger partial charge in [-0.3, -0.25) is 19.2 Å². The molecular weight excluding hydrogens is 558 g/mol. The maximum absolute atomic E-state index is 13.5. The standard InChI is InChI=1S/C29H49N7O7/c1-17(2)24(36-25(38)18(3)32)28(41)34-22(9-5-7-15-31)26(39)33-21(8-4-6-14-30)27(40)35-23(29(42)43)16-19-10-12-20(37)13-11-19/h10-13,17-18,21-24,37H,4-9,14-16,30-32H2,1-3H3,(H,33,39)(H,34,41)(H,35,40)(H,36,38)(H,42,43). The predicted molar refractivity (Wildman–Crippen MR) is 161 cm³/mol. The quantitative estimate of drug-likeness (QED) is 0.0836. The highest BCUT2D eigenvalue weighted by Crippen LogP contribution is 2.13. The van der Waals surface area contributed by atoms with Crippen LogP contribution >= 0.6 is 0 Å². The molecule has 1 aromatic rings. The number of phenols is 1. The summed E-state index contributed by atoms with van der Waals surface area (Å²) in [4.78, 5) is 64.1. The van der Waals surface area contributed by atoms with Gasteiger partial charge in [0.2, 0.25) is 23.6 Å². The van der Waals surface area contributed by atoms with Crippen molar-refractivity contribution < 1.29 is 34.2 Å². The molecule has 0 aromatic heterocycles. The number of phenolic OH excluding ortho intramolecular Hbond substituents is 1. The van der Waals surface area contributed by atoms with E-state index in [1.807, 2.05) is 0 Å². The van der Waals surface area contributed by atoms with Crippen LogP contribution in [0.25, 0.3) is 0 Å². The molecule has 12 N–H and O–H groups in total. The van der Waals surface area contributed by atoms with Crippen LogP contribution in [0.2, 0.25) is 0 Å². The van der Waals surface area contributed by atoms with Crippen LogP contribution in [0.3, 0.4) is 0 Å². The van der Waals surface area contributed by atoms with E-state index in [-0.39, 0.29) is 30.9 Å². The monoisotopic (exact) mass is 607 g/mol. The maximum atomic E-state index is 13.5. The average Bonchev–Trinajstić information content (AvgIpc) is 2.94. The van der Waals surface area contributed by atoms with Crippen molar-refractivity contribution in [3.63, 3.8) is 0 Å². The van der Waals surface area contributed by atoms with Crippen molar-refractivity contribution in [1.29, 1.82) is 0 Å². The van der Waals surface area contributed by atoms with E-state index in [2.05, 4.69) is 21.3 Å². The van der Waals surface area contributed by atoms with Crippen LogP contribution in [-0.2, 0) is 30.4 Å². The minimum absolute atomic E-state index is 0.0199. The molecule has 0 aliphatic rings. The fourth-order valence-electron chi connectivity index (χ4n) is 4.22. The first-order valence-electron chi connectivity index (χ1n) is 14.7. The van der Waals surface area contributed by atoms with Crippen molar-refractivity contribution in [1.82, 2.24) is 21.3 Å². The maximum Gasteiger partial charge on any atom is 0.326 e. The summed E-state index contributed by atoms with van der Waals surface area (Å²) >= 11 is 0. The van der Waals surface area contributed by atoms with Gasteiger partial charge in [-0.15, -0.1) is 0 Å². The number of hydrogen-bond acceptors (Lipinski definition) is 9. The van der Waals surface area contributed by atoms with Gasteiger partial charge in [-0.25, -0.2) is 4.79 Å². The molecule has 0 radical (unpaired) electrons. The van der Waals surface area contributed by atoms with Gasteiger partial charge in [-0.1, -0.05) is 26.0 Å². The summed E-state index contributed by atoms with van der Waals surface area (Å²) in [6.07, 6.45) is 2.50. The largest absolute Gasteiger partial charge is 0.508 e. The minimum Gasteiger partial charge on any atom is -0.508 e. The average molecular weight is 608 g/mol. The Bertz CT molecular complexity index is 1050. The van der Waals surface area contributed by atoms with Gasteiger partial charge in [0.1, 0.15) is 29.9 Å². The van der Waals surface area contributed by atoms with E-state index in [9.17, 15) is 34.2 Å². The molecule has 14 nitrogen and oxygen atoms in total. The van der Waals surface area contributed by atoms with Crippen molar-refractivity contribution in [2.24, 2.45) is 23.1 Å². The molecule has 0 aliphatic carbocycles. The lowest BCUT2D eigenvalue weighted by atomic mass is 10.0. The van der Waals surface area contributed by atoms with Crippen molar-refractivity contribution >= 4 is 29.6 Å². The van der Waals surface area contributed by atoms with E-state index in [1.165, 1.54) is 19.1 Å². The first-order chi connectivity index (χ1) is 20.3. The first kappa shape index (κ1) is 37.3. The molecule has 0 fully saturated rings. The Morgan fingerprint density at radius 1 is 0.698 bits per heavy atom. The highest BCUT2D eigenvalue weighted by Gasteiger charge is 2.32. The van der Waals surface area contributed by atoms with Gasteiger partial charge in [-0.2, -0.15) is 0 Å². The number of carbonyl (C=O) groups excluding carboxylic acids is 4. The smallest absolute Gasteiger partial charge is 0.326 e. The molecule has 0 aliphatic heterocycles. The molecule has 1 aromatic carbocycles. The van der Waals surface area contributed by atoms with Crippen LogP contribution in [0.15, 0.2) is 24.3 Å². The zero-order valence-corrected chi connectivity index (χ0v) is 25.3. The molecule has 242 valence electrons. The molecule has 5 atom stereocenters. The topological polar surface area (TPSA) is 252 Å². The molecule has 5 unspecified atom stereocenters. The van der Waals surface area contributed by atoms with E-state index in [0.717, 1.165) is 0 Å². The molecule has 0 heterocycles. The van der Waals surface area contributed by atoms with E-state index >= 15 is 0 Å². The number of rotatable bonds is 20. The number of unbranched alkanes of at least 4 members (excludes halogenated alkanes) is 2. The summed E-state index contributed by atoms with van der Waals surface area (Å²) in [5.74, 6) is -4.00. The Kier molecular flexibility index (Phi) is 16.9. The number of carbonyl (C=O) groups is 5. The van der Waals surface area contributed by atoms with E-state index in [4.69, 9.17) is 17.2 Å². The Hall–Kier alpha value is -3.75. The lowest BCUT2D eigenvalue weighted by Crippen LogP contribution is -2.59.